The van der Waals surface area contributed by atoms with Crippen molar-refractivity contribution in [3.63, 3.8) is 0 Å². The molecule has 0 bridgehead atoms. The molecule has 10 heteroatoms. The molecule has 1 heterocycles. The molecule has 1 aromatic heterocycles. The van der Waals surface area contributed by atoms with Crippen molar-refractivity contribution in [3.05, 3.63) is 33.2 Å². The van der Waals surface area contributed by atoms with Crippen LogP contribution in [-0.2, 0) is 22.3 Å². The van der Waals surface area contributed by atoms with Gasteiger partial charge in [0.15, 0.2) is 0 Å². The molecule has 0 aliphatic rings. The van der Waals surface area contributed by atoms with Crippen LogP contribution in [0.5, 0.6) is 0 Å². The number of nitrogens with one attached hydrogen (secondary N) is 1. The second kappa shape index (κ2) is 8.18. The second-order valence-electron chi connectivity index (χ2n) is 4.87. The van der Waals surface area contributed by atoms with E-state index in [1.807, 2.05) is 0 Å². The first-order valence-corrected chi connectivity index (χ1v) is 7.49. The van der Waals surface area contributed by atoms with E-state index in [1.54, 1.807) is 13.8 Å². The van der Waals surface area contributed by atoms with Crippen molar-refractivity contribution < 1.29 is 22.8 Å². The zero-order valence-electron chi connectivity index (χ0n) is 13.1. The van der Waals surface area contributed by atoms with Gasteiger partial charge in [0.2, 0.25) is 11.8 Å². The van der Waals surface area contributed by atoms with Crippen LogP contribution in [0, 0.1) is 0 Å². The minimum Gasteiger partial charge on any atom is -0.355 e. The van der Waals surface area contributed by atoms with Crippen LogP contribution in [0.1, 0.15) is 19.4 Å². The lowest BCUT2D eigenvalue weighted by molar-refractivity contribution is -0.139. The van der Waals surface area contributed by atoms with Gasteiger partial charge in [0, 0.05) is 19.3 Å². The minimum absolute atomic E-state index is 0.164. The van der Waals surface area contributed by atoms with Crippen LogP contribution >= 0.6 is 11.6 Å². The van der Waals surface area contributed by atoms with Crippen molar-refractivity contribution in [2.24, 2.45) is 0 Å². The third kappa shape index (κ3) is 5.26. The Hall–Kier alpha value is -2.03. The van der Waals surface area contributed by atoms with Gasteiger partial charge >= 0.3 is 6.18 Å². The molecule has 1 rings (SSSR count). The molecule has 0 saturated carbocycles. The number of rotatable bonds is 6. The van der Waals surface area contributed by atoms with Crippen LogP contribution in [-0.4, -0.2) is 40.9 Å². The van der Waals surface area contributed by atoms with Crippen molar-refractivity contribution in [1.82, 2.24) is 14.8 Å². The van der Waals surface area contributed by atoms with Crippen LogP contribution in [0.25, 0.3) is 0 Å². The quantitative estimate of drug-likeness (QED) is 0.828. The van der Waals surface area contributed by atoms with Crippen molar-refractivity contribution in [1.29, 1.82) is 0 Å². The number of amides is 2. The maximum atomic E-state index is 12.8. The maximum absolute atomic E-state index is 12.8. The van der Waals surface area contributed by atoms with Gasteiger partial charge in [-0.15, -0.1) is 0 Å². The lowest BCUT2D eigenvalue weighted by Crippen LogP contribution is -2.43. The summed E-state index contributed by atoms with van der Waals surface area (Å²) in [5, 5.41) is 1.87. The van der Waals surface area contributed by atoms with Gasteiger partial charge in [0.05, 0.1) is 12.1 Å². The number of aromatic nitrogens is 1. The summed E-state index contributed by atoms with van der Waals surface area (Å²) < 4.78 is 38.9. The summed E-state index contributed by atoms with van der Waals surface area (Å²) in [4.78, 5) is 36.7. The van der Waals surface area contributed by atoms with E-state index >= 15 is 0 Å². The predicted octanol–water partition coefficient (Wildman–Crippen LogP) is 1.51. The molecule has 0 aromatic carbocycles. The molecule has 1 aromatic rings. The molecule has 0 spiro atoms. The first-order valence-electron chi connectivity index (χ1n) is 7.11. The third-order valence-corrected chi connectivity index (χ3v) is 3.39. The van der Waals surface area contributed by atoms with Crippen LogP contribution in [0.4, 0.5) is 13.2 Å². The van der Waals surface area contributed by atoms with Crippen molar-refractivity contribution in [2.75, 3.05) is 19.6 Å². The topological polar surface area (TPSA) is 71.4 Å². The van der Waals surface area contributed by atoms with Crippen LogP contribution in [0.2, 0.25) is 5.02 Å². The Morgan fingerprint density at radius 3 is 2.46 bits per heavy atom. The SMILES string of the molecule is CCNC(=O)CN(CC)C(=O)Cn1cc(C(F)(F)F)cc(Cl)c1=O. The van der Waals surface area contributed by atoms with E-state index in [1.165, 1.54) is 0 Å². The number of hydrogen-bond acceptors (Lipinski definition) is 3. The Kier molecular flexibility index (Phi) is 6.82. The molecule has 134 valence electrons. The van der Waals surface area contributed by atoms with Gasteiger partial charge in [-0.2, -0.15) is 13.2 Å². The summed E-state index contributed by atoms with van der Waals surface area (Å²) in [5.41, 5.74) is -2.04. The Balaban J connectivity index is 3.02. The molecule has 0 saturated heterocycles. The van der Waals surface area contributed by atoms with Crippen molar-refractivity contribution in [3.8, 4) is 0 Å². The molecule has 1 N–H and O–H groups in total. The van der Waals surface area contributed by atoms with Crippen molar-refractivity contribution in [2.45, 2.75) is 26.6 Å². The molecule has 0 unspecified atom stereocenters. The molecule has 0 radical (unpaired) electrons. The largest absolute Gasteiger partial charge is 0.417 e. The van der Waals surface area contributed by atoms with Gasteiger partial charge in [-0.05, 0) is 19.9 Å². The normalized spacial score (nSPS) is 11.2. The Bertz CT molecular complexity index is 673. The van der Waals surface area contributed by atoms with E-state index in [2.05, 4.69) is 5.32 Å². The number of likely N-dealkylation sites (N-methyl/N-ethyl adjacent to an activating group) is 2. The maximum Gasteiger partial charge on any atom is 0.417 e. The van der Waals surface area contributed by atoms with Crippen molar-refractivity contribution >= 4 is 23.4 Å². The van der Waals surface area contributed by atoms with Gasteiger partial charge in [0.1, 0.15) is 11.6 Å². The van der Waals surface area contributed by atoms with Gasteiger partial charge < -0.3 is 14.8 Å². The summed E-state index contributed by atoms with van der Waals surface area (Å²) in [6, 6.07) is 0.511. The van der Waals surface area contributed by atoms with E-state index in [9.17, 15) is 27.6 Å². The number of carbonyl (C=O) groups excluding carboxylic acids is 2. The van der Waals surface area contributed by atoms with E-state index < -0.39 is 40.7 Å². The average molecular weight is 368 g/mol. The number of halogens is 4. The Morgan fingerprint density at radius 2 is 1.96 bits per heavy atom. The number of hydrogen-bond donors (Lipinski definition) is 1. The molecular formula is C14H17ClF3N3O3. The lowest BCUT2D eigenvalue weighted by Gasteiger charge is -2.21. The summed E-state index contributed by atoms with van der Waals surface area (Å²) in [6.45, 7) is 2.98. The molecular weight excluding hydrogens is 351 g/mol. The number of alkyl halides is 3. The highest BCUT2D eigenvalue weighted by atomic mass is 35.5. The minimum atomic E-state index is -4.70. The molecule has 6 nitrogen and oxygen atoms in total. The summed E-state index contributed by atoms with van der Waals surface area (Å²) in [5.74, 6) is -1.07. The van der Waals surface area contributed by atoms with Gasteiger partial charge in [-0.3, -0.25) is 14.4 Å². The zero-order valence-corrected chi connectivity index (χ0v) is 13.9. The fraction of sp³-hybridized carbons (Fsp3) is 0.500. The molecule has 0 aliphatic carbocycles. The van der Waals surface area contributed by atoms with E-state index in [0.717, 1.165) is 4.90 Å². The van der Waals surface area contributed by atoms with E-state index in [-0.39, 0.29) is 13.1 Å². The third-order valence-electron chi connectivity index (χ3n) is 3.12. The Labute approximate surface area is 141 Å². The van der Waals surface area contributed by atoms with E-state index in [0.29, 0.717) is 23.4 Å². The molecule has 24 heavy (non-hydrogen) atoms. The summed E-state index contributed by atoms with van der Waals surface area (Å²) >= 11 is 5.53. The van der Waals surface area contributed by atoms with E-state index in [4.69, 9.17) is 11.6 Å². The molecule has 0 fully saturated rings. The van der Waals surface area contributed by atoms with Crippen LogP contribution in [0.3, 0.4) is 0 Å². The number of carbonyl (C=O) groups is 2. The first kappa shape index (κ1) is 20.0. The summed E-state index contributed by atoms with van der Waals surface area (Å²) in [6.07, 6.45) is -4.17. The first-order chi connectivity index (χ1) is 11.1. The highest BCUT2D eigenvalue weighted by Gasteiger charge is 2.32. The fourth-order valence-electron chi connectivity index (χ4n) is 1.92. The molecule has 0 aliphatic heterocycles. The van der Waals surface area contributed by atoms with Gasteiger partial charge in [-0.25, -0.2) is 0 Å². The van der Waals surface area contributed by atoms with Crippen LogP contribution in [0.15, 0.2) is 17.1 Å². The zero-order chi connectivity index (χ0) is 18.5. The standard InChI is InChI=1S/C14H17ClF3N3O3/c1-3-19-11(22)7-20(4-2)12(23)8-21-6-9(14(16,17)18)5-10(15)13(21)24/h5-6H,3-4,7-8H2,1-2H3,(H,19,22). The number of pyridine rings is 1. The predicted molar refractivity (Wildman–Crippen MR) is 81.7 cm³/mol. The molecule has 0 atom stereocenters. The fourth-order valence-corrected chi connectivity index (χ4v) is 2.15. The highest BCUT2D eigenvalue weighted by Crippen LogP contribution is 2.29. The number of nitrogens with zero attached hydrogens (tertiary/aromatic N) is 2. The summed E-state index contributed by atoms with van der Waals surface area (Å²) in [7, 11) is 0. The average Bonchev–Trinajstić information content (AvgIpc) is 2.48. The van der Waals surface area contributed by atoms with Crippen LogP contribution < -0.4 is 10.9 Å². The van der Waals surface area contributed by atoms with Gasteiger partial charge in [-0.1, -0.05) is 11.6 Å². The molecule has 2 amide bonds. The second-order valence-corrected chi connectivity index (χ2v) is 5.28. The lowest BCUT2D eigenvalue weighted by atomic mass is 10.2. The smallest absolute Gasteiger partial charge is 0.355 e. The monoisotopic (exact) mass is 367 g/mol. The Morgan fingerprint density at radius 1 is 1.33 bits per heavy atom. The van der Waals surface area contributed by atoms with Gasteiger partial charge in [0.25, 0.3) is 5.56 Å². The highest BCUT2D eigenvalue weighted by molar-refractivity contribution is 6.30.